The lowest BCUT2D eigenvalue weighted by Crippen LogP contribution is -2.05. The number of phenols is 1. The third kappa shape index (κ3) is 3.44. The highest BCUT2D eigenvalue weighted by atomic mass is 16.4. The molecule has 0 amide bonds. The average Bonchev–Trinajstić information content (AvgIpc) is 2.46. The number of carboxylic acids is 2. The first-order valence-corrected chi connectivity index (χ1v) is 5.91. The normalized spacial score (nSPS) is 10.7. The van der Waals surface area contributed by atoms with Crippen LogP contribution in [-0.2, 0) is 0 Å². The molecular weight excluding hydrogens is 274 g/mol. The summed E-state index contributed by atoms with van der Waals surface area (Å²) in [5.74, 6) is -2.22. The third-order valence-electron chi connectivity index (χ3n) is 2.73. The quantitative estimate of drug-likeness (QED) is 0.748. The third-order valence-corrected chi connectivity index (χ3v) is 2.73. The van der Waals surface area contributed by atoms with Crippen molar-refractivity contribution >= 4 is 23.8 Å². The number of rotatable bonds is 4. The van der Waals surface area contributed by atoms with Crippen LogP contribution < -0.4 is 0 Å². The summed E-state index contributed by atoms with van der Waals surface area (Å²) in [5, 5.41) is 27.2. The Morgan fingerprint density at radius 1 is 0.952 bits per heavy atom. The van der Waals surface area contributed by atoms with Gasteiger partial charge in [0.1, 0.15) is 5.75 Å². The number of aromatic carboxylic acids is 2. The number of aliphatic imine (C=N–C) groups is 1. The van der Waals surface area contributed by atoms with Crippen molar-refractivity contribution in [2.45, 2.75) is 0 Å². The minimum Gasteiger partial charge on any atom is -0.508 e. The molecule has 0 aliphatic heterocycles. The van der Waals surface area contributed by atoms with Gasteiger partial charge < -0.3 is 15.3 Å². The Hall–Kier alpha value is -3.15. The van der Waals surface area contributed by atoms with E-state index in [1.807, 2.05) is 0 Å². The molecule has 3 N–H and O–H groups in total. The number of benzene rings is 2. The van der Waals surface area contributed by atoms with E-state index in [-0.39, 0.29) is 22.4 Å². The largest absolute Gasteiger partial charge is 0.508 e. The van der Waals surface area contributed by atoms with E-state index in [1.54, 1.807) is 12.1 Å². The molecule has 106 valence electrons. The molecule has 0 fully saturated rings. The van der Waals surface area contributed by atoms with Gasteiger partial charge in [-0.2, -0.15) is 0 Å². The molecule has 2 rings (SSSR count). The van der Waals surface area contributed by atoms with Crippen LogP contribution in [0, 0.1) is 0 Å². The molecule has 0 atom stereocenters. The number of hydrogen-bond acceptors (Lipinski definition) is 4. The van der Waals surface area contributed by atoms with E-state index in [4.69, 9.17) is 15.3 Å². The zero-order valence-corrected chi connectivity index (χ0v) is 10.7. The lowest BCUT2D eigenvalue weighted by atomic mass is 10.0. The number of carboxylic acid groups (broad SMARTS) is 2. The molecule has 0 aliphatic carbocycles. The van der Waals surface area contributed by atoms with Crippen LogP contribution in [0.2, 0.25) is 0 Å². The van der Waals surface area contributed by atoms with Gasteiger partial charge in [-0.05, 0) is 42.5 Å². The molecular formula is C15H11NO5. The zero-order chi connectivity index (χ0) is 15.4. The van der Waals surface area contributed by atoms with E-state index in [1.165, 1.54) is 36.5 Å². The van der Waals surface area contributed by atoms with Crippen LogP contribution in [0.15, 0.2) is 47.5 Å². The molecule has 0 spiro atoms. The maximum Gasteiger partial charge on any atom is 0.336 e. The van der Waals surface area contributed by atoms with E-state index in [0.29, 0.717) is 5.69 Å². The van der Waals surface area contributed by atoms with Crippen molar-refractivity contribution in [3.05, 3.63) is 59.2 Å². The number of aromatic hydroxyl groups is 1. The van der Waals surface area contributed by atoms with Crippen molar-refractivity contribution in [2.24, 2.45) is 4.99 Å². The Bertz CT molecular complexity index is 719. The van der Waals surface area contributed by atoms with Crippen LogP contribution in [0.5, 0.6) is 5.75 Å². The SMILES string of the molecule is O=C(O)c1ccc(C(=O)O)c(C=Nc2ccc(O)cc2)c1. The van der Waals surface area contributed by atoms with Crippen molar-refractivity contribution in [1.29, 1.82) is 0 Å². The van der Waals surface area contributed by atoms with E-state index in [0.717, 1.165) is 0 Å². The summed E-state index contributed by atoms with van der Waals surface area (Å²) in [4.78, 5) is 26.1. The number of hydrogen-bond donors (Lipinski definition) is 3. The van der Waals surface area contributed by atoms with Gasteiger partial charge in [0.2, 0.25) is 0 Å². The predicted molar refractivity (Wildman–Crippen MR) is 75.7 cm³/mol. The molecule has 0 heterocycles. The Balaban J connectivity index is 2.40. The fraction of sp³-hybridized carbons (Fsp3) is 0. The number of carbonyl (C=O) groups is 2. The smallest absolute Gasteiger partial charge is 0.336 e. The van der Waals surface area contributed by atoms with Gasteiger partial charge >= 0.3 is 11.9 Å². The topological polar surface area (TPSA) is 107 Å². The lowest BCUT2D eigenvalue weighted by molar-refractivity contribution is 0.0681. The molecule has 6 heteroatoms. The van der Waals surface area contributed by atoms with Crippen molar-refractivity contribution in [3.63, 3.8) is 0 Å². The molecule has 0 bridgehead atoms. The highest BCUT2D eigenvalue weighted by Gasteiger charge is 2.12. The summed E-state index contributed by atoms with van der Waals surface area (Å²) in [6, 6.07) is 9.68. The Morgan fingerprint density at radius 3 is 2.19 bits per heavy atom. The first-order chi connectivity index (χ1) is 9.97. The number of phenolic OH excluding ortho intramolecular Hbond substituents is 1. The van der Waals surface area contributed by atoms with E-state index >= 15 is 0 Å². The molecule has 0 unspecified atom stereocenters. The molecule has 0 aliphatic rings. The van der Waals surface area contributed by atoms with E-state index in [9.17, 15) is 9.59 Å². The second kappa shape index (κ2) is 5.87. The van der Waals surface area contributed by atoms with Crippen LogP contribution in [0.25, 0.3) is 0 Å². The van der Waals surface area contributed by atoms with Crippen LogP contribution in [0.4, 0.5) is 5.69 Å². The first-order valence-electron chi connectivity index (χ1n) is 5.91. The molecule has 0 saturated heterocycles. The highest BCUT2D eigenvalue weighted by molar-refractivity contribution is 6.01. The second-order valence-electron chi connectivity index (χ2n) is 4.19. The standard InChI is InChI=1S/C15H11NO5/c17-12-4-2-11(3-5-12)16-8-10-7-9(14(18)19)1-6-13(10)15(20)21/h1-8,17H,(H,18,19)(H,20,21). The van der Waals surface area contributed by atoms with Crippen molar-refractivity contribution < 1.29 is 24.9 Å². The van der Waals surface area contributed by atoms with Crippen LogP contribution >= 0.6 is 0 Å². The van der Waals surface area contributed by atoms with Gasteiger partial charge in [0.25, 0.3) is 0 Å². The fourth-order valence-electron chi connectivity index (χ4n) is 1.68. The second-order valence-corrected chi connectivity index (χ2v) is 4.19. The monoisotopic (exact) mass is 285 g/mol. The van der Waals surface area contributed by atoms with E-state index in [2.05, 4.69) is 4.99 Å². The zero-order valence-electron chi connectivity index (χ0n) is 10.7. The van der Waals surface area contributed by atoms with Crippen LogP contribution in [0.3, 0.4) is 0 Å². The number of nitrogens with zero attached hydrogens (tertiary/aromatic N) is 1. The van der Waals surface area contributed by atoms with Gasteiger partial charge in [0.05, 0.1) is 16.8 Å². The van der Waals surface area contributed by atoms with Crippen molar-refractivity contribution in [1.82, 2.24) is 0 Å². The minimum absolute atomic E-state index is 0.0212. The maximum absolute atomic E-state index is 11.1. The summed E-state index contributed by atoms with van der Waals surface area (Å²) in [6.07, 6.45) is 1.28. The van der Waals surface area contributed by atoms with Gasteiger partial charge in [-0.25, -0.2) is 9.59 Å². The molecule has 2 aromatic rings. The first kappa shape index (κ1) is 14.3. The van der Waals surface area contributed by atoms with Gasteiger partial charge in [-0.3, -0.25) is 4.99 Å². The van der Waals surface area contributed by atoms with Gasteiger partial charge in [0.15, 0.2) is 0 Å². The minimum atomic E-state index is -1.17. The molecule has 0 radical (unpaired) electrons. The fourth-order valence-corrected chi connectivity index (χ4v) is 1.68. The Kier molecular flexibility index (Phi) is 3.99. The molecule has 0 saturated carbocycles. The maximum atomic E-state index is 11.1. The van der Waals surface area contributed by atoms with Gasteiger partial charge in [-0.15, -0.1) is 0 Å². The van der Waals surface area contributed by atoms with Gasteiger partial charge in [0, 0.05) is 11.8 Å². The summed E-state index contributed by atoms with van der Waals surface area (Å²) in [7, 11) is 0. The average molecular weight is 285 g/mol. The van der Waals surface area contributed by atoms with Crippen LogP contribution in [0.1, 0.15) is 26.3 Å². The predicted octanol–water partition coefficient (Wildman–Crippen LogP) is 2.54. The summed E-state index contributed by atoms with van der Waals surface area (Å²) in [5.41, 5.74) is 0.634. The summed E-state index contributed by atoms with van der Waals surface area (Å²) < 4.78 is 0. The molecule has 0 aromatic heterocycles. The lowest BCUT2D eigenvalue weighted by Gasteiger charge is -2.03. The van der Waals surface area contributed by atoms with Crippen molar-refractivity contribution in [3.8, 4) is 5.75 Å². The van der Waals surface area contributed by atoms with E-state index < -0.39 is 11.9 Å². The molecule has 21 heavy (non-hydrogen) atoms. The van der Waals surface area contributed by atoms with Crippen molar-refractivity contribution in [2.75, 3.05) is 0 Å². The van der Waals surface area contributed by atoms with Gasteiger partial charge in [-0.1, -0.05) is 0 Å². The Morgan fingerprint density at radius 2 is 1.62 bits per heavy atom. The molecule has 6 nitrogen and oxygen atoms in total. The Labute approximate surface area is 119 Å². The highest BCUT2D eigenvalue weighted by Crippen LogP contribution is 2.17. The summed E-state index contributed by atoms with van der Waals surface area (Å²) >= 11 is 0. The van der Waals surface area contributed by atoms with Crippen LogP contribution in [-0.4, -0.2) is 33.5 Å². The summed E-state index contributed by atoms with van der Waals surface area (Å²) in [6.45, 7) is 0. The molecule has 2 aromatic carbocycles.